The first-order chi connectivity index (χ1) is 14.7. The quantitative estimate of drug-likeness (QED) is 0.358. The number of hydrogen-bond acceptors (Lipinski definition) is 4. The molecule has 6 heteroatoms. The van der Waals surface area contributed by atoms with Crippen LogP contribution in [0.1, 0.15) is 43.5 Å². The zero-order valence-corrected chi connectivity index (χ0v) is 18.2. The van der Waals surface area contributed by atoms with Crippen molar-refractivity contribution in [2.45, 2.75) is 39.7 Å². The van der Waals surface area contributed by atoms with E-state index in [2.05, 4.69) is 17.8 Å². The lowest BCUT2D eigenvalue weighted by atomic mass is 10.2. The molecule has 0 saturated heterocycles. The van der Waals surface area contributed by atoms with Crippen molar-refractivity contribution in [1.29, 1.82) is 0 Å². The smallest absolute Gasteiger partial charge is 0.279 e. The molecule has 0 saturated carbocycles. The molecule has 156 valence electrons. The van der Waals surface area contributed by atoms with Crippen molar-refractivity contribution in [2.24, 2.45) is 4.99 Å². The Morgan fingerprint density at radius 2 is 1.97 bits per heavy atom. The van der Waals surface area contributed by atoms with Gasteiger partial charge in [-0.3, -0.25) is 4.79 Å². The molecule has 1 amide bonds. The van der Waals surface area contributed by atoms with E-state index in [-0.39, 0.29) is 5.91 Å². The van der Waals surface area contributed by atoms with Gasteiger partial charge >= 0.3 is 0 Å². The first-order valence-corrected chi connectivity index (χ1v) is 11.0. The Hall–Kier alpha value is -3.04. The Morgan fingerprint density at radius 3 is 2.73 bits per heavy atom. The van der Waals surface area contributed by atoms with Gasteiger partial charge < -0.3 is 14.0 Å². The molecular weight excluding hydrogens is 396 g/mol. The van der Waals surface area contributed by atoms with Crippen LogP contribution in [0.2, 0.25) is 0 Å². The maximum atomic E-state index is 12.8. The lowest BCUT2D eigenvalue weighted by Gasteiger charge is -2.06. The molecule has 0 aliphatic heterocycles. The number of benzene rings is 2. The minimum atomic E-state index is -0.323. The van der Waals surface area contributed by atoms with Crippen LogP contribution in [-0.4, -0.2) is 23.7 Å². The second-order valence-electron chi connectivity index (χ2n) is 6.74. The number of hydrogen-bond donors (Lipinski definition) is 0. The van der Waals surface area contributed by atoms with Crippen LogP contribution in [0.15, 0.2) is 47.5 Å². The van der Waals surface area contributed by atoms with Gasteiger partial charge in [-0.05, 0) is 49.7 Å². The maximum Gasteiger partial charge on any atom is 0.279 e. The predicted molar refractivity (Wildman–Crippen MR) is 121 cm³/mol. The summed E-state index contributed by atoms with van der Waals surface area (Å²) in [5, 5.41) is 0. The molecule has 3 rings (SSSR count). The van der Waals surface area contributed by atoms with Crippen molar-refractivity contribution < 1.29 is 14.3 Å². The standard InChI is InChI=1S/C24H26N2O3S/c1-4-7-8-15-29-19-11-9-10-18(16-19)23(27)25-24-26(14-5-2)21-13-12-20(28-6-3)17-22(21)30-24/h2,9-13,16-17H,4,6-8,14-15H2,1,3H3. The van der Waals surface area contributed by atoms with Crippen LogP contribution in [0.5, 0.6) is 11.5 Å². The molecule has 0 radical (unpaired) electrons. The van der Waals surface area contributed by atoms with Gasteiger partial charge in [0.2, 0.25) is 0 Å². The van der Waals surface area contributed by atoms with Crippen LogP contribution in [0.25, 0.3) is 10.2 Å². The van der Waals surface area contributed by atoms with Crippen molar-refractivity contribution in [1.82, 2.24) is 4.57 Å². The average molecular weight is 423 g/mol. The summed E-state index contributed by atoms with van der Waals surface area (Å²) in [6.07, 6.45) is 8.81. The summed E-state index contributed by atoms with van der Waals surface area (Å²) in [5.41, 5.74) is 1.42. The number of ether oxygens (including phenoxy) is 2. The first-order valence-electron chi connectivity index (χ1n) is 10.2. The summed E-state index contributed by atoms with van der Waals surface area (Å²) < 4.78 is 14.2. The van der Waals surface area contributed by atoms with Gasteiger partial charge in [0.1, 0.15) is 11.5 Å². The molecule has 1 aromatic heterocycles. The third-order valence-corrected chi connectivity index (χ3v) is 5.55. The number of terminal acetylenes is 1. The van der Waals surface area contributed by atoms with Gasteiger partial charge in [-0.1, -0.05) is 43.1 Å². The van der Waals surface area contributed by atoms with E-state index >= 15 is 0 Å². The molecular formula is C24H26N2O3S. The Balaban J connectivity index is 1.91. The fourth-order valence-corrected chi connectivity index (χ4v) is 4.11. The number of thiazole rings is 1. The van der Waals surface area contributed by atoms with Crippen molar-refractivity contribution >= 4 is 27.5 Å². The van der Waals surface area contributed by atoms with Crippen molar-refractivity contribution in [2.75, 3.05) is 13.2 Å². The SMILES string of the molecule is C#CCn1c(=NC(=O)c2cccc(OCCCCC)c2)sc2cc(OCC)ccc21. The minimum Gasteiger partial charge on any atom is -0.494 e. The molecule has 30 heavy (non-hydrogen) atoms. The van der Waals surface area contributed by atoms with E-state index in [0.29, 0.717) is 35.9 Å². The number of rotatable bonds is 9. The molecule has 2 aromatic carbocycles. The van der Waals surface area contributed by atoms with Crippen LogP contribution >= 0.6 is 11.3 Å². The maximum absolute atomic E-state index is 12.8. The van der Waals surface area contributed by atoms with Gasteiger partial charge in [0.05, 0.1) is 30.0 Å². The molecule has 3 aromatic rings. The Morgan fingerprint density at radius 1 is 1.13 bits per heavy atom. The van der Waals surface area contributed by atoms with Crippen molar-refractivity contribution in [3.05, 3.63) is 52.8 Å². The molecule has 0 fully saturated rings. The summed E-state index contributed by atoms with van der Waals surface area (Å²) in [7, 11) is 0. The number of aromatic nitrogens is 1. The monoisotopic (exact) mass is 422 g/mol. The first kappa shape index (κ1) is 21.7. The lowest BCUT2D eigenvalue weighted by Crippen LogP contribution is -2.16. The number of amides is 1. The number of unbranched alkanes of at least 4 members (excludes halogenated alkanes) is 2. The molecule has 0 unspecified atom stereocenters. The van der Waals surface area contributed by atoms with E-state index < -0.39 is 0 Å². The van der Waals surface area contributed by atoms with Crippen molar-refractivity contribution in [3.63, 3.8) is 0 Å². The summed E-state index contributed by atoms with van der Waals surface area (Å²) in [6, 6.07) is 13.0. The van der Waals surface area contributed by atoms with E-state index in [4.69, 9.17) is 15.9 Å². The summed E-state index contributed by atoms with van der Waals surface area (Å²) >= 11 is 1.42. The highest BCUT2D eigenvalue weighted by atomic mass is 32.1. The van der Waals surface area contributed by atoms with Crippen LogP contribution in [0.3, 0.4) is 0 Å². The second kappa shape index (κ2) is 10.7. The normalized spacial score (nSPS) is 11.4. The van der Waals surface area contributed by atoms with Crippen LogP contribution in [0.4, 0.5) is 0 Å². The molecule has 0 aliphatic rings. The topological polar surface area (TPSA) is 52.8 Å². The lowest BCUT2D eigenvalue weighted by molar-refractivity contribution is 0.0997. The zero-order valence-electron chi connectivity index (χ0n) is 17.4. The molecule has 0 spiro atoms. The average Bonchev–Trinajstić information content (AvgIpc) is 3.08. The van der Waals surface area contributed by atoms with Crippen molar-refractivity contribution in [3.8, 4) is 23.8 Å². The van der Waals surface area contributed by atoms with Crippen LogP contribution in [-0.2, 0) is 6.54 Å². The highest BCUT2D eigenvalue weighted by molar-refractivity contribution is 7.16. The third-order valence-electron chi connectivity index (χ3n) is 4.51. The van der Waals surface area contributed by atoms with Gasteiger partial charge in [0.25, 0.3) is 5.91 Å². The van der Waals surface area contributed by atoms with Gasteiger partial charge in [-0.15, -0.1) is 6.42 Å². The number of carbonyl (C=O) groups is 1. The van der Waals surface area contributed by atoms with Gasteiger partial charge in [-0.2, -0.15) is 4.99 Å². The van der Waals surface area contributed by atoms with Gasteiger partial charge in [0, 0.05) is 5.56 Å². The minimum absolute atomic E-state index is 0.323. The third kappa shape index (κ3) is 5.31. The zero-order chi connectivity index (χ0) is 21.3. The molecule has 0 aliphatic carbocycles. The number of nitrogens with zero attached hydrogens (tertiary/aromatic N) is 2. The summed E-state index contributed by atoms with van der Waals surface area (Å²) in [4.78, 5) is 17.8. The van der Waals surface area contributed by atoms with E-state index in [1.54, 1.807) is 12.1 Å². The highest BCUT2D eigenvalue weighted by Crippen LogP contribution is 2.23. The van der Waals surface area contributed by atoms with Gasteiger partial charge in [-0.25, -0.2) is 0 Å². The number of carbonyl (C=O) groups excluding carboxylic acids is 1. The van der Waals surface area contributed by atoms with Crippen LogP contribution < -0.4 is 14.3 Å². The molecule has 0 atom stereocenters. The highest BCUT2D eigenvalue weighted by Gasteiger charge is 2.11. The van der Waals surface area contributed by atoms with Crippen LogP contribution in [0, 0.1) is 12.3 Å². The van der Waals surface area contributed by atoms with Gasteiger partial charge in [0.15, 0.2) is 4.80 Å². The Kier molecular flexibility index (Phi) is 7.69. The number of fused-ring (bicyclic) bond motifs is 1. The van der Waals surface area contributed by atoms with E-state index in [1.165, 1.54) is 11.3 Å². The fraction of sp³-hybridized carbons (Fsp3) is 0.333. The summed E-state index contributed by atoms with van der Waals surface area (Å²) in [5.74, 6) is 3.79. The van der Waals surface area contributed by atoms with E-state index in [9.17, 15) is 4.79 Å². The second-order valence-corrected chi connectivity index (χ2v) is 7.75. The predicted octanol–water partition coefficient (Wildman–Crippen LogP) is 5.04. The Bertz CT molecular complexity index is 1120. The fourth-order valence-electron chi connectivity index (χ4n) is 3.05. The largest absolute Gasteiger partial charge is 0.494 e. The molecule has 5 nitrogen and oxygen atoms in total. The van der Waals surface area contributed by atoms with E-state index in [0.717, 1.165) is 35.2 Å². The molecule has 0 bridgehead atoms. The Labute approximate surface area is 181 Å². The summed E-state index contributed by atoms with van der Waals surface area (Å²) in [6.45, 7) is 5.66. The van der Waals surface area contributed by atoms with E-state index in [1.807, 2.05) is 41.8 Å². The molecule has 0 N–H and O–H groups in total. The molecule has 1 heterocycles.